The van der Waals surface area contributed by atoms with Gasteiger partial charge in [-0.05, 0) is 38.7 Å². The van der Waals surface area contributed by atoms with Crippen molar-refractivity contribution in [3.8, 4) is 0 Å². The van der Waals surface area contributed by atoms with Gasteiger partial charge in [0.05, 0.1) is 5.56 Å². The summed E-state index contributed by atoms with van der Waals surface area (Å²) < 4.78 is 38.1. The minimum absolute atomic E-state index is 0.0594. The maximum absolute atomic E-state index is 12.9. The first-order valence-electron chi connectivity index (χ1n) is 11.5. The fraction of sp³-hybridized carbons (Fsp3) is 0.591. The van der Waals surface area contributed by atoms with E-state index in [9.17, 15) is 22.8 Å². The summed E-state index contributed by atoms with van der Waals surface area (Å²) in [5.41, 5.74) is -0.470. The van der Waals surface area contributed by atoms with Crippen LogP contribution in [0.5, 0.6) is 0 Å². The van der Waals surface area contributed by atoms with Crippen LogP contribution in [-0.4, -0.2) is 69.7 Å². The second-order valence-corrected chi connectivity index (χ2v) is 8.76. The van der Waals surface area contributed by atoms with E-state index in [0.717, 1.165) is 44.0 Å². The van der Waals surface area contributed by atoms with Crippen molar-refractivity contribution in [3.63, 3.8) is 0 Å². The third-order valence-electron chi connectivity index (χ3n) is 6.47. The Morgan fingerprint density at radius 1 is 1.12 bits per heavy atom. The Kier molecular flexibility index (Phi) is 7.03. The number of rotatable bonds is 5. The molecule has 2 aliphatic rings. The van der Waals surface area contributed by atoms with Crippen LogP contribution in [0.1, 0.15) is 43.2 Å². The van der Waals surface area contributed by atoms with Crippen molar-refractivity contribution in [1.82, 2.24) is 25.1 Å². The molecule has 0 spiro atoms. The predicted molar refractivity (Wildman–Crippen MR) is 120 cm³/mol. The number of halogens is 3. The van der Waals surface area contributed by atoms with Crippen molar-refractivity contribution >= 4 is 17.7 Å². The number of piperazine rings is 1. The van der Waals surface area contributed by atoms with Crippen LogP contribution in [0, 0.1) is 6.92 Å². The highest BCUT2D eigenvalue weighted by atomic mass is 19.4. The van der Waals surface area contributed by atoms with Crippen LogP contribution in [-0.2, 0) is 11.0 Å². The zero-order chi connectivity index (χ0) is 24.3. The summed E-state index contributed by atoms with van der Waals surface area (Å²) in [4.78, 5) is 37.9. The molecule has 0 radical (unpaired) electrons. The largest absolute Gasteiger partial charge is 0.419 e. The SMILES string of the molecule is Cc1cc(N2CCCC[C@H]2CCC(=O)N2CCN(c3ncc(C(F)(F)F)cn3)CC2)n[nH]c1=O. The zero-order valence-corrected chi connectivity index (χ0v) is 19.0. The Morgan fingerprint density at radius 3 is 2.47 bits per heavy atom. The van der Waals surface area contributed by atoms with Crippen LogP contribution in [0.15, 0.2) is 23.3 Å². The quantitative estimate of drug-likeness (QED) is 0.703. The maximum Gasteiger partial charge on any atom is 0.419 e. The lowest BCUT2D eigenvalue weighted by Gasteiger charge is -2.38. The molecule has 0 unspecified atom stereocenters. The number of nitrogens with zero attached hydrogens (tertiary/aromatic N) is 6. The van der Waals surface area contributed by atoms with Gasteiger partial charge < -0.3 is 14.7 Å². The summed E-state index contributed by atoms with van der Waals surface area (Å²) in [5, 5.41) is 6.74. The Morgan fingerprint density at radius 2 is 1.82 bits per heavy atom. The highest BCUT2D eigenvalue weighted by molar-refractivity contribution is 5.76. The first kappa shape index (κ1) is 24.0. The minimum Gasteiger partial charge on any atom is -0.352 e. The number of carbonyl (C=O) groups is 1. The van der Waals surface area contributed by atoms with Crippen molar-refractivity contribution in [1.29, 1.82) is 0 Å². The van der Waals surface area contributed by atoms with Gasteiger partial charge in [0.1, 0.15) is 5.82 Å². The van der Waals surface area contributed by atoms with Crippen LogP contribution in [0.25, 0.3) is 0 Å². The second-order valence-electron chi connectivity index (χ2n) is 8.76. The van der Waals surface area contributed by atoms with Gasteiger partial charge >= 0.3 is 6.18 Å². The molecule has 2 fully saturated rings. The molecule has 2 aromatic rings. The number of amides is 1. The van der Waals surface area contributed by atoms with Gasteiger partial charge in [0, 0.05) is 63.1 Å². The number of hydrogen-bond donors (Lipinski definition) is 1. The summed E-state index contributed by atoms with van der Waals surface area (Å²) in [6.07, 6.45) is 1.29. The normalized spacial score (nSPS) is 19.4. The van der Waals surface area contributed by atoms with Gasteiger partial charge in [-0.15, -0.1) is 0 Å². The first-order chi connectivity index (χ1) is 16.2. The van der Waals surface area contributed by atoms with E-state index in [1.54, 1.807) is 22.8 Å². The van der Waals surface area contributed by atoms with E-state index in [0.29, 0.717) is 44.6 Å². The molecule has 0 aliphatic carbocycles. The Balaban J connectivity index is 1.29. The van der Waals surface area contributed by atoms with Crippen molar-refractivity contribution in [3.05, 3.63) is 39.9 Å². The number of carbonyl (C=O) groups excluding carboxylic acids is 1. The van der Waals surface area contributed by atoms with Gasteiger partial charge in [-0.3, -0.25) is 9.59 Å². The molecule has 4 rings (SSSR count). The molecular weight excluding hydrogens is 451 g/mol. The summed E-state index contributed by atoms with van der Waals surface area (Å²) >= 11 is 0. The van der Waals surface area contributed by atoms with E-state index in [2.05, 4.69) is 25.1 Å². The molecule has 0 bridgehead atoms. The highest BCUT2D eigenvalue weighted by Gasteiger charge is 2.32. The molecule has 2 aromatic heterocycles. The number of H-pyrrole nitrogens is 1. The summed E-state index contributed by atoms with van der Waals surface area (Å²) in [6, 6.07) is 1.97. The molecular formula is C22H28F3N7O2. The van der Waals surface area contributed by atoms with Crippen molar-refractivity contribution in [2.75, 3.05) is 42.5 Å². The topological polar surface area (TPSA) is 98.3 Å². The third-order valence-corrected chi connectivity index (χ3v) is 6.47. The summed E-state index contributed by atoms with van der Waals surface area (Å²) in [7, 11) is 0. The first-order valence-corrected chi connectivity index (χ1v) is 11.5. The molecule has 184 valence electrons. The third kappa shape index (κ3) is 5.48. The van der Waals surface area contributed by atoms with Crippen LogP contribution in [0.3, 0.4) is 0 Å². The highest BCUT2D eigenvalue weighted by Crippen LogP contribution is 2.29. The predicted octanol–water partition coefficient (Wildman–Crippen LogP) is 2.38. The molecule has 0 aromatic carbocycles. The summed E-state index contributed by atoms with van der Waals surface area (Å²) in [6.45, 7) is 4.46. The lowest BCUT2D eigenvalue weighted by atomic mass is 9.97. The molecule has 2 saturated heterocycles. The van der Waals surface area contributed by atoms with E-state index < -0.39 is 11.7 Å². The summed E-state index contributed by atoms with van der Waals surface area (Å²) in [5.74, 6) is 1.03. The standard InChI is InChI=1S/C22H28F3N7O2/c1-15-12-18(28-29-20(15)34)32-7-3-2-4-17(32)5-6-19(33)30-8-10-31(11-9-30)21-26-13-16(14-27-21)22(23,24)25/h12-14,17H,2-11H2,1H3,(H,29,34)/t17-/m0/s1. The Labute approximate surface area is 195 Å². The molecule has 9 nitrogen and oxygen atoms in total. The van der Waals surface area contributed by atoms with Gasteiger partial charge in [0.25, 0.3) is 5.56 Å². The maximum atomic E-state index is 12.9. The fourth-order valence-electron chi connectivity index (χ4n) is 4.47. The molecule has 4 heterocycles. The lowest BCUT2D eigenvalue weighted by Crippen LogP contribution is -2.49. The van der Waals surface area contributed by atoms with Gasteiger partial charge in [-0.1, -0.05) is 0 Å². The molecule has 34 heavy (non-hydrogen) atoms. The van der Waals surface area contributed by atoms with Gasteiger partial charge in [-0.2, -0.15) is 18.3 Å². The second kappa shape index (κ2) is 9.98. The molecule has 1 amide bonds. The zero-order valence-electron chi connectivity index (χ0n) is 19.0. The van der Waals surface area contributed by atoms with E-state index in [4.69, 9.17) is 0 Å². The number of nitrogens with one attached hydrogen (secondary N) is 1. The number of anilines is 2. The molecule has 12 heteroatoms. The Hall–Kier alpha value is -3.18. The van der Waals surface area contributed by atoms with Crippen LogP contribution in [0.2, 0.25) is 0 Å². The molecule has 2 aliphatic heterocycles. The number of aromatic amines is 1. The smallest absolute Gasteiger partial charge is 0.352 e. The van der Waals surface area contributed by atoms with Gasteiger partial charge in [0.2, 0.25) is 11.9 Å². The molecule has 1 N–H and O–H groups in total. The van der Waals surface area contributed by atoms with Crippen LogP contribution in [0.4, 0.5) is 24.9 Å². The van der Waals surface area contributed by atoms with Crippen LogP contribution >= 0.6 is 0 Å². The van der Waals surface area contributed by atoms with Gasteiger partial charge in [0.15, 0.2) is 0 Å². The molecule has 0 saturated carbocycles. The van der Waals surface area contributed by atoms with Crippen molar-refractivity contribution in [2.24, 2.45) is 0 Å². The van der Waals surface area contributed by atoms with Crippen molar-refractivity contribution < 1.29 is 18.0 Å². The van der Waals surface area contributed by atoms with E-state index in [-0.39, 0.29) is 23.5 Å². The number of aromatic nitrogens is 4. The van der Waals surface area contributed by atoms with E-state index in [1.807, 2.05) is 0 Å². The van der Waals surface area contributed by atoms with Crippen molar-refractivity contribution in [2.45, 2.75) is 51.2 Å². The van der Waals surface area contributed by atoms with E-state index >= 15 is 0 Å². The van der Waals surface area contributed by atoms with E-state index in [1.165, 1.54) is 0 Å². The Bertz CT molecular complexity index is 1050. The average molecular weight is 480 g/mol. The number of piperidine rings is 1. The number of hydrogen-bond acceptors (Lipinski definition) is 7. The molecule has 1 atom stereocenters. The van der Waals surface area contributed by atoms with Crippen LogP contribution < -0.4 is 15.4 Å². The average Bonchev–Trinajstić information content (AvgIpc) is 2.84. The fourth-order valence-corrected chi connectivity index (χ4v) is 4.47. The monoisotopic (exact) mass is 479 g/mol. The number of alkyl halides is 3. The van der Waals surface area contributed by atoms with Gasteiger partial charge in [-0.25, -0.2) is 15.1 Å². The number of aryl methyl sites for hydroxylation is 1. The minimum atomic E-state index is -4.47. The lowest BCUT2D eigenvalue weighted by molar-refractivity contribution is -0.138.